The summed E-state index contributed by atoms with van der Waals surface area (Å²) in [5, 5.41) is 0. The molecule has 0 aliphatic heterocycles. The molecular weight excluding hydrogens is 203 g/mol. The lowest BCUT2D eigenvalue weighted by Gasteiger charge is -2.04. The van der Waals surface area contributed by atoms with Crippen molar-refractivity contribution >= 4 is 23.2 Å². The summed E-state index contributed by atoms with van der Waals surface area (Å²) in [7, 11) is 0. The molecule has 2 heteroatoms. The number of alkyl halides is 2. The molecule has 1 rings (SSSR count). The molecule has 0 fully saturated rings. The Balaban J connectivity index is 2.76. The highest BCUT2D eigenvalue weighted by Crippen LogP contribution is 2.13. The van der Waals surface area contributed by atoms with Gasteiger partial charge in [0.05, 0.1) is 0 Å². The minimum absolute atomic E-state index is 0.593. The third kappa shape index (κ3) is 3.58. The second-order valence-electron chi connectivity index (χ2n) is 3.25. The molecule has 1 aromatic carbocycles. The van der Waals surface area contributed by atoms with E-state index >= 15 is 0 Å². The highest BCUT2D eigenvalue weighted by Gasteiger charge is 1.97. The zero-order valence-corrected chi connectivity index (χ0v) is 9.33. The van der Waals surface area contributed by atoms with Gasteiger partial charge in [-0.15, -0.1) is 23.2 Å². The van der Waals surface area contributed by atoms with E-state index in [1.807, 2.05) is 0 Å². The van der Waals surface area contributed by atoms with Crippen LogP contribution in [0.5, 0.6) is 0 Å². The fourth-order valence-corrected chi connectivity index (χ4v) is 1.73. The van der Waals surface area contributed by atoms with Gasteiger partial charge in [-0.25, -0.2) is 0 Å². The topological polar surface area (TPSA) is 0 Å². The summed E-state index contributed by atoms with van der Waals surface area (Å²) in [5.41, 5.74) is 3.82. The smallest absolute Gasteiger partial charge is 0.0474 e. The van der Waals surface area contributed by atoms with Crippen molar-refractivity contribution in [1.29, 1.82) is 0 Å². The molecule has 0 spiro atoms. The van der Waals surface area contributed by atoms with Crippen LogP contribution in [0, 0.1) is 6.92 Å². The number of aryl methyl sites for hydroxylation is 2. The molecule has 72 valence electrons. The minimum atomic E-state index is 0.593. The standard InChI is InChI=1S/C11H14Cl2/c1-9-5-10(3-2-4-12)7-11(6-9)8-13/h5-7H,2-4,8H2,1H3. The van der Waals surface area contributed by atoms with Crippen LogP contribution >= 0.6 is 23.2 Å². The molecular formula is C11H14Cl2. The van der Waals surface area contributed by atoms with Crippen molar-refractivity contribution in [2.24, 2.45) is 0 Å². The highest BCUT2D eigenvalue weighted by molar-refractivity contribution is 6.17. The van der Waals surface area contributed by atoms with Crippen molar-refractivity contribution < 1.29 is 0 Å². The molecule has 0 aliphatic rings. The van der Waals surface area contributed by atoms with Crippen LogP contribution in [0.25, 0.3) is 0 Å². The second-order valence-corrected chi connectivity index (χ2v) is 3.90. The van der Waals surface area contributed by atoms with Crippen molar-refractivity contribution in [2.45, 2.75) is 25.6 Å². The molecule has 0 N–H and O–H groups in total. The molecule has 1 aromatic rings. The van der Waals surface area contributed by atoms with Gasteiger partial charge < -0.3 is 0 Å². The first-order valence-electron chi connectivity index (χ1n) is 4.47. The average Bonchev–Trinajstić information content (AvgIpc) is 2.14. The van der Waals surface area contributed by atoms with Crippen LogP contribution in [0.15, 0.2) is 18.2 Å². The first kappa shape index (κ1) is 10.9. The molecule has 0 heterocycles. The minimum Gasteiger partial charge on any atom is -0.127 e. The van der Waals surface area contributed by atoms with Crippen LogP contribution in [-0.4, -0.2) is 5.88 Å². The molecule has 0 aromatic heterocycles. The molecule has 0 unspecified atom stereocenters. The van der Waals surface area contributed by atoms with E-state index in [2.05, 4.69) is 25.1 Å². The molecule has 0 saturated carbocycles. The van der Waals surface area contributed by atoms with Gasteiger partial charge in [0.15, 0.2) is 0 Å². The molecule has 0 saturated heterocycles. The van der Waals surface area contributed by atoms with Crippen LogP contribution in [0.3, 0.4) is 0 Å². The van der Waals surface area contributed by atoms with Gasteiger partial charge in [0.2, 0.25) is 0 Å². The SMILES string of the molecule is Cc1cc(CCl)cc(CCCCl)c1. The lowest BCUT2D eigenvalue weighted by Crippen LogP contribution is -1.90. The van der Waals surface area contributed by atoms with E-state index in [1.165, 1.54) is 16.7 Å². The Kier molecular flexibility index (Phi) is 4.61. The summed E-state index contributed by atoms with van der Waals surface area (Å²) in [6, 6.07) is 6.48. The average molecular weight is 217 g/mol. The van der Waals surface area contributed by atoms with Gasteiger partial charge >= 0.3 is 0 Å². The van der Waals surface area contributed by atoms with Crippen molar-refractivity contribution in [3.63, 3.8) is 0 Å². The van der Waals surface area contributed by atoms with Crippen LogP contribution < -0.4 is 0 Å². The Morgan fingerprint density at radius 3 is 2.38 bits per heavy atom. The van der Waals surface area contributed by atoms with Crippen LogP contribution in [0.1, 0.15) is 23.1 Å². The van der Waals surface area contributed by atoms with Crippen LogP contribution in [0.2, 0.25) is 0 Å². The number of halogens is 2. The fraction of sp³-hybridized carbons (Fsp3) is 0.455. The van der Waals surface area contributed by atoms with Crippen LogP contribution in [-0.2, 0) is 12.3 Å². The predicted molar refractivity (Wildman–Crippen MR) is 59.8 cm³/mol. The van der Waals surface area contributed by atoms with E-state index < -0.39 is 0 Å². The Hall–Kier alpha value is -0.200. The first-order chi connectivity index (χ1) is 6.26. The molecule has 0 nitrogen and oxygen atoms in total. The van der Waals surface area contributed by atoms with E-state index in [9.17, 15) is 0 Å². The van der Waals surface area contributed by atoms with E-state index in [-0.39, 0.29) is 0 Å². The van der Waals surface area contributed by atoms with Crippen molar-refractivity contribution in [3.05, 3.63) is 34.9 Å². The maximum atomic E-state index is 5.78. The van der Waals surface area contributed by atoms with Gasteiger partial charge in [-0.2, -0.15) is 0 Å². The summed E-state index contributed by atoms with van der Waals surface area (Å²) in [6.07, 6.45) is 2.09. The zero-order chi connectivity index (χ0) is 9.68. The van der Waals surface area contributed by atoms with Crippen molar-refractivity contribution in [3.8, 4) is 0 Å². The third-order valence-electron chi connectivity index (χ3n) is 1.95. The number of benzene rings is 1. The number of hydrogen-bond acceptors (Lipinski definition) is 0. The summed E-state index contributed by atoms with van der Waals surface area (Å²) in [6.45, 7) is 2.10. The van der Waals surface area contributed by atoms with Crippen molar-refractivity contribution in [2.75, 3.05) is 5.88 Å². The maximum absolute atomic E-state index is 5.78. The number of hydrogen-bond donors (Lipinski definition) is 0. The van der Waals surface area contributed by atoms with E-state index in [0.29, 0.717) is 5.88 Å². The van der Waals surface area contributed by atoms with E-state index in [0.717, 1.165) is 18.7 Å². The largest absolute Gasteiger partial charge is 0.127 e. The van der Waals surface area contributed by atoms with Gasteiger partial charge in [0.1, 0.15) is 0 Å². The summed E-state index contributed by atoms with van der Waals surface area (Å²) >= 11 is 11.4. The molecule has 0 atom stereocenters. The van der Waals surface area contributed by atoms with E-state index in [4.69, 9.17) is 23.2 Å². The first-order valence-corrected chi connectivity index (χ1v) is 5.54. The number of rotatable bonds is 4. The van der Waals surface area contributed by atoms with Crippen LogP contribution in [0.4, 0.5) is 0 Å². The summed E-state index contributed by atoms with van der Waals surface area (Å²) in [5.74, 6) is 1.32. The zero-order valence-electron chi connectivity index (χ0n) is 7.82. The Labute approximate surface area is 89.9 Å². The quantitative estimate of drug-likeness (QED) is 0.671. The van der Waals surface area contributed by atoms with Gasteiger partial charge in [0.25, 0.3) is 0 Å². The fourth-order valence-electron chi connectivity index (χ4n) is 1.44. The normalized spacial score (nSPS) is 10.4. The van der Waals surface area contributed by atoms with Gasteiger partial charge in [-0.05, 0) is 30.9 Å². The van der Waals surface area contributed by atoms with Gasteiger partial charge in [0, 0.05) is 11.8 Å². The molecule has 0 bridgehead atoms. The molecule has 0 amide bonds. The highest BCUT2D eigenvalue weighted by atomic mass is 35.5. The molecule has 13 heavy (non-hydrogen) atoms. The molecule has 0 radical (unpaired) electrons. The monoisotopic (exact) mass is 216 g/mol. The summed E-state index contributed by atoms with van der Waals surface area (Å²) in [4.78, 5) is 0. The van der Waals surface area contributed by atoms with Gasteiger partial charge in [-0.3, -0.25) is 0 Å². The van der Waals surface area contributed by atoms with Gasteiger partial charge in [-0.1, -0.05) is 23.8 Å². The molecule has 0 aliphatic carbocycles. The lowest BCUT2D eigenvalue weighted by molar-refractivity contribution is 0.924. The Morgan fingerprint density at radius 2 is 1.77 bits per heavy atom. The summed E-state index contributed by atoms with van der Waals surface area (Å²) < 4.78 is 0. The van der Waals surface area contributed by atoms with E-state index in [1.54, 1.807) is 0 Å². The van der Waals surface area contributed by atoms with Crippen molar-refractivity contribution in [1.82, 2.24) is 0 Å². The Morgan fingerprint density at radius 1 is 1.08 bits per heavy atom. The predicted octanol–water partition coefficient (Wildman–Crippen LogP) is 3.91. The Bertz CT molecular complexity index is 269. The second kappa shape index (κ2) is 5.51. The lowest BCUT2D eigenvalue weighted by atomic mass is 10.0. The third-order valence-corrected chi connectivity index (χ3v) is 2.53. The maximum Gasteiger partial charge on any atom is 0.0474 e.